The monoisotopic (exact) mass is 419 g/mol. The van der Waals surface area contributed by atoms with Crippen LogP contribution >= 0.6 is 15.9 Å². The molecule has 8 heteroatoms. The molecule has 0 radical (unpaired) electrons. The Kier molecular flexibility index (Phi) is 5.73. The minimum absolute atomic E-state index is 0.0386. The second-order valence-corrected chi connectivity index (χ2v) is 7.49. The van der Waals surface area contributed by atoms with Gasteiger partial charge < -0.3 is 15.1 Å². The first-order chi connectivity index (χ1) is 12.5. The summed E-state index contributed by atoms with van der Waals surface area (Å²) in [6.45, 7) is 2.30. The second kappa shape index (κ2) is 8.01. The minimum atomic E-state index is -0.206. The number of carbonyl (C=O) groups excluding carboxylic acids is 2. The molecule has 1 aromatic carbocycles. The van der Waals surface area contributed by atoms with E-state index in [0.29, 0.717) is 37.3 Å². The zero-order chi connectivity index (χ0) is 18.7. The Morgan fingerprint density at radius 1 is 1.31 bits per heavy atom. The number of H-pyrrole nitrogens is 1. The first-order valence-electron chi connectivity index (χ1n) is 8.49. The van der Waals surface area contributed by atoms with Crippen LogP contribution in [0.4, 0.5) is 0 Å². The molecule has 3 rings (SSSR count). The van der Waals surface area contributed by atoms with E-state index in [2.05, 4.69) is 31.4 Å². The Morgan fingerprint density at radius 3 is 2.73 bits per heavy atom. The second-order valence-electron chi connectivity index (χ2n) is 6.57. The summed E-state index contributed by atoms with van der Waals surface area (Å²) in [6.07, 6.45) is 0.662. The van der Waals surface area contributed by atoms with Gasteiger partial charge in [-0.1, -0.05) is 15.9 Å². The SMILES string of the molecule is CN(C)CCNC(=O)c1n[nH]c2c1CN(C(=O)c1ccc(Br)cc1)CC2. The molecule has 1 aliphatic heterocycles. The molecule has 0 spiro atoms. The summed E-state index contributed by atoms with van der Waals surface area (Å²) < 4.78 is 0.932. The van der Waals surface area contributed by atoms with Crippen LogP contribution in [0.15, 0.2) is 28.7 Å². The first-order valence-corrected chi connectivity index (χ1v) is 9.29. The molecule has 2 heterocycles. The number of likely N-dealkylation sites (N-methyl/N-ethyl adjacent to an activating group) is 1. The molecule has 0 aliphatic carbocycles. The van der Waals surface area contributed by atoms with E-state index in [4.69, 9.17) is 0 Å². The number of amides is 2. The molecule has 0 atom stereocenters. The van der Waals surface area contributed by atoms with Crippen molar-refractivity contribution in [3.05, 3.63) is 51.3 Å². The molecule has 2 aromatic rings. The molecule has 2 amide bonds. The van der Waals surface area contributed by atoms with Crippen molar-refractivity contribution in [2.45, 2.75) is 13.0 Å². The fraction of sp³-hybridized carbons (Fsp3) is 0.389. The van der Waals surface area contributed by atoms with Crippen molar-refractivity contribution in [2.24, 2.45) is 0 Å². The molecule has 1 aliphatic rings. The summed E-state index contributed by atoms with van der Waals surface area (Å²) in [5, 5.41) is 10.0. The zero-order valence-corrected chi connectivity index (χ0v) is 16.5. The average Bonchev–Trinajstić information content (AvgIpc) is 3.04. The summed E-state index contributed by atoms with van der Waals surface area (Å²) in [6, 6.07) is 7.30. The van der Waals surface area contributed by atoms with E-state index in [0.717, 1.165) is 22.3 Å². The Bertz CT molecular complexity index is 800. The van der Waals surface area contributed by atoms with Crippen LogP contribution in [0.1, 0.15) is 32.1 Å². The maximum atomic E-state index is 12.7. The lowest BCUT2D eigenvalue weighted by molar-refractivity contribution is 0.0731. The van der Waals surface area contributed by atoms with Crippen LogP contribution in [0.3, 0.4) is 0 Å². The maximum Gasteiger partial charge on any atom is 0.272 e. The lowest BCUT2D eigenvalue weighted by Crippen LogP contribution is -2.37. The number of benzene rings is 1. The van der Waals surface area contributed by atoms with Gasteiger partial charge in [-0.2, -0.15) is 5.10 Å². The van der Waals surface area contributed by atoms with Crippen LogP contribution in [-0.2, 0) is 13.0 Å². The lowest BCUT2D eigenvalue weighted by atomic mass is 10.0. The molecule has 0 saturated heterocycles. The number of aromatic nitrogens is 2. The van der Waals surface area contributed by atoms with E-state index in [1.54, 1.807) is 17.0 Å². The van der Waals surface area contributed by atoms with Gasteiger partial charge in [0, 0.05) is 47.3 Å². The van der Waals surface area contributed by atoms with E-state index in [9.17, 15) is 9.59 Å². The van der Waals surface area contributed by atoms with E-state index in [1.807, 2.05) is 31.1 Å². The Balaban J connectivity index is 1.71. The third-order valence-electron chi connectivity index (χ3n) is 4.37. The van der Waals surface area contributed by atoms with E-state index < -0.39 is 0 Å². The number of hydrogen-bond donors (Lipinski definition) is 2. The van der Waals surface area contributed by atoms with E-state index in [-0.39, 0.29) is 11.8 Å². The standard InChI is InChI=1S/C18H22BrN5O2/c1-23(2)10-8-20-17(25)16-14-11-24(9-7-15(14)21-22-16)18(26)12-3-5-13(19)6-4-12/h3-6H,7-11H2,1-2H3,(H,20,25)(H,21,22). The number of rotatable bonds is 5. The van der Waals surface area contributed by atoms with Crippen LogP contribution in [0.5, 0.6) is 0 Å². The summed E-state index contributed by atoms with van der Waals surface area (Å²) in [4.78, 5) is 28.9. The normalized spacial score (nSPS) is 13.6. The van der Waals surface area contributed by atoms with Gasteiger partial charge in [0.2, 0.25) is 0 Å². The van der Waals surface area contributed by atoms with Crippen molar-refractivity contribution >= 4 is 27.7 Å². The molecule has 0 unspecified atom stereocenters. The first kappa shape index (κ1) is 18.6. The van der Waals surface area contributed by atoms with Crippen molar-refractivity contribution in [1.29, 1.82) is 0 Å². The van der Waals surface area contributed by atoms with Gasteiger partial charge in [-0.25, -0.2) is 0 Å². The molecule has 138 valence electrons. The summed E-state index contributed by atoms with van der Waals surface area (Å²) in [7, 11) is 3.91. The van der Waals surface area contributed by atoms with Gasteiger partial charge in [0.05, 0.1) is 6.54 Å². The fourth-order valence-corrected chi connectivity index (χ4v) is 3.17. The van der Waals surface area contributed by atoms with Crippen molar-refractivity contribution < 1.29 is 9.59 Å². The van der Waals surface area contributed by atoms with Gasteiger partial charge >= 0.3 is 0 Å². The third kappa shape index (κ3) is 4.13. The molecule has 26 heavy (non-hydrogen) atoms. The zero-order valence-electron chi connectivity index (χ0n) is 14.9. The minimum Gasteiger partial charge on any atom is -0.349 e. The Hall–Kier alpha value is -2.19. The number of hydrogen-bond acceptors (Lipinski definition) is 4. The fourth-order valence-electron chi connectivity index (χ4n) is 2.91. The molecular weight excluding hydrogens is 398 g/mol. The van der Waals surface area contributed by atoms with Gasteiger partial charge in [-0.05, 0) is 38.4 Å². The number of nitrogens with zero attached hydrogens (tertiary/aromatic N) is 3. The van der Waals surface area contributed by atoms with Gasteiger partial charge in [0.25, 0.3) is 11.8 Å². The summed E-state index contributed by atoms with van der Waals surface area (Å²) in [5.41, 5.74) is 2.76. The average molecular weight is 420 g/mol. The highest BCUT2D eigenvalue weighted by molar-refractivity contribution is 9.10. The van der Waals surface area contributed by atoms with Gasteiger partial charge in [0.15, 0.2) is 5.69 Å². The van der Waals surface area contributed by atoms with Gasteiger partial charge in [0.1, 0.15) is 0 Å². The highest BCUT2D eigenvalue weighted by Gasteiger charge is 2.28. The molecule has 0 fully saturated rings. The van der Waals surface area contributed by atoms with Crippen LogP contribution in [0, 0.1) is 0 Å². The van der Waals surface area contributed by atoms with E-state index in [1.165, 1.54) is 0 Å². The summed E-state index contributed by atoms with van der Waals surface area (Å²) in [5.74, 6) is -0.245. The lowest BCUT2D eigenvalue weighted by Gasteiger charge is -2.27. The van der Waals surface area contributed by atoms with Crippen LogP contribution in [0.25, 0.3) is 0 Å². The van der Waals surface area contributed by atoms with Gasteiger partial charge in [-0.15, -0.1) is 0 Å². The predicted octanol–water partition coefficient (Wildman–Crippen LogP) is 1.66. The highest BCUT2D eigenvalue weighted by atomic mass is 79.9. The molecule has 1 aromatic heterocycles. The number of halogens is 1. The van der Waals surface area contributed by atoms with Crippen LogP contribution < -0.4 is 5.32 Å². The van der Waals surface area contributed by atoms with Crippen molar-refractivity contribution in [2.75, 3.05) is 33.7 Å². The Labute approximate surface area is 160 Å². The Morgan fingerprint density at radius 2 is 2.04 bits per heavy atom. The van der Waals surface area contributed by atoms with Crippen LogP contribution in [0.2, 0.25) is 0 Å². The number of nitrogens with one attached hydrogen (secondary N) is 2. The van der Waals surface area contributed by atoms with Crippen LogP contribution in [-0.4, -0.2) is 65.5 Å². The molecule has 0 bridgehead atoms. The third-order valence-corrected chi connectivity index (χ3v) is 4.90. The predicted molar refractivity (Wildman–Crippen MR) is 102 cm³/mol. The molecule has 2 N–H and O–H groups in total. The van der Waals surface area contributed by atoms with Gasteiger partial charge in [-0.3, -0.25) is 14.7 Å². The largest absolute Gasteiger partial charge is 0.349 e. The van der Waals surface area contributed by atoms with Crippen molar-refractivity contribution in [3.8, 4) is 0 Å². The topological polar surface area (TPSA) is 81.3 Å². The number of carbonyl (C=O) groups is 2. The summed E-state index contributed by atoms with van der Waals surface area (Å²) >= 11 is 3.38. The number of fused-ring (bicyclic) bond motifs is 1. The highest BCUT2D eigenvalue weighted by Crippen LogP contribution is 2.22. The van der Waals surface area contributed by atoms with Crippen molar-refractivity contribution in [1.82, 2.24) is 25.3 Å². The molecular formula is C18H22BrN5O2. The van der Waals surface area contributed by atoms with Crippen molar-refractivity contribution in [3.63, 3.8) is 0 Å². The number of aromatic amines is 1. The smallest absolute Gasteiger partial charge is 0.272 e. The molecule has 0 saturated carbocycles. The van der Waals surface area contributed by atoms with E-state index >= 15 is 0 Å². The maximum absolute atomic E-state index is 12.7. The quantitative estimate of drug-likeness (QED) is 0.771. The molecule has 7 nitrogen and oxygen atoms in total.